The van der Waals surface area contributed by atoms with E-state index in [4.69, 9.17) is 14.5 Å². The maximum atomic E-state index is 5.80. The van der Waals surface area contributed by atoms with E-state index in [2.05, 4.69) is 36.3 Å². The predicted molar refractivity (Wildman–Crippen MR) is 103 cm³/mol. The third-order valence-corrected chi connectivity index (χ3v) is 5.26. The Morgan fingerprint density at radius 1 is 1.28 bits per heavy atom. The molecule has 0 atom stereocenters. The summed E-state index contributed by atoms with van der Waals surface area (Å²) in [6.45, 7) is 13.4. The molecule has 0 aromatic rings. The first-order valence-electron chi connectivity index (χ1n) is 9.97. The van der Waals surface area contributed by atoms with Gasteiger partial charge in [-0.05, 0) is 25.7 Å². The van der Waals surface area contributed by atoms with Gasteiger partial charge in [-0.3, -0.25) is 4.99 Å². The average molecular weight is 355 g/mol. The van der Waals surface area contributed by atoms with Gasteiger partial charge in [-0.1, -0.05) is 13.8 Å². The van der Waals surface area contributed by atoms with Crippen LogP contribution < -0.4 is 10.6 Å². The van der Waals surface area contributed by atoms with Crippen molar-refractivity contribution in [1.82, 2.24) is 15.5 Å². The summed E-state index contributed by atoms with van der Waals surface area (Å²) in [6.07, 6.45) is 4.20. The molecule has 2 rings (SSSR count). The van der Waals surface area contributed by atoms with E-state index < -0.39 is 0 Å². The number of hydrogen-bond donors (Lipinski definition) is 2. The highest BCUT2D eigenvalue weighted by atomic mass is 16.5. The molecule has 2 fully saturated rings. The van der Waals surface area contributed by atoms with E-state index in [-0.39, 0.29) is 5.60 Å². The Kier molecular flexibility index (Phi) is 8.46. The van der Waals surface area contributed by atoms with Crippen molar-refractivity contribution in [3.05, 3.63) is 0 Å². The molecule has 2 aliphatic heterocycles. The van der Waals surface area contributed by atoms with Crippen LogP contribution in [0.15, 0.2) is 4.99 Å². The first-order chi connectivity index (χ1) is 12.1. The van der Waals surface area contributed by atoms with Crippen molar-refractivity contribution in [1.29, 1.82) is 0 Å². The number of aliphatic imine (C=N–C) groups is 1. The van der Waals surface area contributed by atoms with Gasteiger partial charge in [0.15, 0.2) is 5.96 Å². The minimum Gasteiger partial charge on any atom is -0.381 e. The van der Waals surface area contributed by atoms with Crippen molar-refractivity contribution in [2.24, 2.45) is 10.9 Å². The van der Waals surface area contributed by atoms with E-state index in [0.29, 0.717) is 12.6 Å². The fourth-order valence-electron chi connectivity index (χ4n) is 3.68. The Bertz CT molecular complexity index is 400. The van der Waals surface area contributed by atoms with Crippen LogP contribution in [0.5, 0.6) is 0 Å². The third kappa shape index (κ3) is 6.76. The Morgan fingerprint density at radius 2 is 1.96 bits per heavy atom. The number of nitrogens with one attached hydrogen (secondary N) is 2. The Morgan fingerprint density at radius 3 is 2.52 bits per heavy atom. The van der Waals surface area contributed by atoms with Gasteiger partial charge in [-0.2, -0.15) is 0 Å². The molecule has 25 heavy (non-hydrogen) atoms. The van der Waals surface area contributed by atoms with Crippen LogP contribution in [0, 0.1) is 5.92 Å². The highest BCUT2D eigenvalue weighted by Crippen LogP contribution is 2.24. The molecule has 6 heteroatoms. The van der Waals surface area contributed by atoms with Crippen molar-refractivity contribution in [3.8, 4) is 0 Å². The lowest BCUT2D eigenvalue weighted by Crippen LogP contribution is -2.50. The van der Waals surface area contributed by atoms with Crippen molar-refractivity contribution in [2.45, 2.75) is 58.1 Å². The second-order valence-corrected chi connectivity index (χ2v) is 7.81. The zero-order chi connectivity index (χ0) is 18.1. The van der Waals surface area contributed by atoms with Crippen LogP contribution in [0.3, 0.4) is 0 Å². The molecule has 0 aliphatic carbocycles. The predicted octanol–water partition coefficient (Wildman–Crippen LogP) is 1.86. The van der Waals surface area contributed by atoms with Crippen LogP contribution >= 0.6 is 0 Å². The number of methoxy groups -OCH3 is 1. The molecule has 2 N–H and O–H groups in total. The second-order valence-electron chi connectivity index (χ2n) is 7.81. The summed E-state index contributed by atoms with van der Waals surface area (Å²) in [7, 11) is 1.80. The van der Waals surface area contributed by atoms with Crippen molar-refractivity contribution >= 4 is 5.96 Å². The zero-order valence-electron chi connectivity index (χ0n) is 16.6. The Hall–Kier alpha value is -0.850. The van der Waals surface area contributed by atoms with Crippen LogP contribution in [-0.4, -0.2) is 75.5 Å². The van der Waals surface area contributed by atoms with Crippen molar-refractivity contribution < 1.29 is 9.47 Å². The molecule has 0 saturated carbocycles. The van der Waals surface area contributed by atoms with Crippen LogP contribution in [-0.2, 0) is 9.47 Å². The van der Waals surface area contributed by atoms with Crippen LogP contribution in [0.2, 0.25) is 0 Å². The molecular weight excluding hydrogens is 316 g/mol. The molecule has 0 amide bonds. The zero-order valence-corrected chi connectivity index (χ0v) is 16.6. The SMILES string of the molecule is CCNC(=NCC1(OC)CCOCC1)NC1CCN(CC(C)C)CC1. The molecule has 0 spiro atoms. The van der Waals surface area contributed by atoms with E-state index in [1.54, 1.807) is 7.11 Å². The van der Waals surface area contributed by atoms with Gasteiger partial charge in [0.25, 0.3) is 0 Å². The molecule has 146 valence electrons. The van der Waals surface area contributed by atoms with Crippen LogP contribution in [0.25, 0.3) is 0 Å². The van der Waals surface area contributed by atoms with Gasteiger partial charge in [0.2, 0.25) is 0 Å². The van der Waals surface area contributed by atoms with Gasteiger partial charge >= 0.3 is 0 Å². The summed E-state index contributed by atoms with van der Waals surface area (Å²) in [5, 5.41) is 7.03. The summed E-state index contributed by atoms with van der Waals surface area (Å²) in [5.41, 5.74) is -0.165. The van der Waals surface area contributed by atoms with Gasteiger partial charge in [-0.15, -0.1) is 0 Å². The summed E-state index contributed by atoms with van der Waals surface area (Å²) >= 11 is 0. The minimum atomic E-state index is -0.165. The molecule has 0 bridgehead atoms. The number of nitrogens with zero attached hydrogens (tertiary/aromatic N) is 2. The molecule has 2 heterocycles. The maximum Gasteiger partial charge on any atom is 0.191 e. The number of piperidine rings is 1. The van der Waals surface area contributed by atoms with Gasteiger partial charge in [-0.25, -0.2) is 0 Å². The van der Waals surface area contributed by atoms with E-state index >= 15 is 0 Å². The van der Waals surface area contributed by atoms with E-state index in [0.717, 1.165) is 44.5 Å². The lowest BCUT2D eigenvalue weighted by atomic mass is 9.94. The fourth-order valence-corrected chi connectivity index (χ4v) is 3.68. The normalized spacial score (nSPS) is 23.0. The van der Waals surface area contributed by atoms with Gasteiger partial charge < -0.3 is 25.0 Å². The molecule has 2 aliphatic rings. The lowest BCUT2D eigenvalue weighted by molar-refractivity contribution is -0.0828. The van der Waals surface area contributed by atoms with Crippen molar-refractivity contribution in [3.63, 3.8) is 0 Å². The number of likely N-dealkylation sites (tertiary alicyclic amines) is 1. The number of hydrogen-bond acceptors (Lipinski definition) is 4. The van der Waals surface area contributed by atoms with E-state index in [9.17, 15) is 0 Å². The van der Waals surface area contributed by atoms with Crippen LogP contribution in [0.1, 0.15) is 46.5 Å². The standard InChI is InChI=1S/C19H38N4O2/c1-5-20-18(21-15-19(24-4)8-12-25-13-9-19)22-17-6-10-23(11-7-17)14-16(2)3/h16-17H,5-15H2,1-4H3,(H2,20,21,22). The van der Waals surface area contributed by atoms with Crippen molar-refractivity contribution in [2.75, 3.05) is 53.0 Å². The monoisotopic (exact) mass is 354 g/mol. The minimum absolute atomic E-state index is 0.165. The third-order valence-electron chi connectivity index (χ3n) is 5.26. The Balaban J connectivity index is 1.85. The highest BCUT2D eigenvalue weighted by molar-refractivity contribution is 5.80. The van der Waals surface area contributed by atoms with Gasteiger partial charge in [0.05, 0.1) is 12.1 Å². The number of ether oxygens (including phenoxy) is 2. The smallest absolute Gasteiger partial charge is 0.191 e. The molecule has 0 radical (unpaired) electrons. The molecule has 6 nitrogen and oxygen atoms in total. The Labute approximate surface area is 153 Å². The highest BCUT2D eigenvalue weighted by Gasteiger charge is 2.32. The topological polar surface area (TPSA) is 58.1 Å². The molecule has 0 unspecified atom stereocenters. The second kappa shape index (κ2) is 10.3. The number of guanidine groups is 1. The summed E-state index contributed by atoms with van der Waals surface area (Å²) in [6, 6.07) is 0.509. The molecular formula is C19H38N4O2. The largest absolute Gasteiger partial charge is 0.381 e. The van der Waals surface area contributed by atoms with Gasteiger partial charge in [0, 0.05) is 65.4 Å². The molecule has 0 aromatic heterocycles. The lowest BCUT2D eigenvalue weighted by Gasteiger charge is -2.35. The fraction of sp³-hybridized carbons (Fsp3) is 0.947. The van der Waals surface area contributed by atoms with Gasteiger partial charge in [0.1, 0.15) is 0 Å². The molecule has 0 aromatic carbocycles. The van der Waals surface area contributed by atoms with Crippen LogP contribution in [0.4, 0.5) is 0 Å². The number of rotatable bonds is 7. The first kappa shape index (κ1) is 20.5. The van der Waals surface area contributed by atoms with E-state index in [1.165, 1.54) is 32.5 Å². The average Bonchev–Trinajstić information content (AvgIpc) is 2.62. The summed E-state index contributed by atoms with van der Waals surface area (Å²) in [5.74, 6) is 1.67. The molecule has 2 saturated heterocycles. The summed E-state index contributed by atoms with van der Waals surface area (Å²) in [4.78, 5) is 7.42. The first-order valence-corrected chi connectivity index (χ1v) is 9.97. The van der Waals surface area contributed by atoms with E-state index in [1.807, 2.05) is 0 Å². The summed E-state index contributed by atoms with van der Waals surface area (Å²) < 4.78 is 11.3. The maximum absolute atomic E-state index is 5.80. The quantitative estimate of drug-likeness (QED) is 0.540.